The van der Waals surface area contributed by atoms with Gasteiger partial charge in [-0.1, -0.05) is 13.8 Å². The Balaban J connectivity index is 1.72. The first-order chi connectivity index (χ1) is 10.6. The highest BCUT2D eigenvalue weighted by Crippen LogP contribution is 2.21. The van der Waals surface area contributed by atoms with E-state index < -0.39 is 0 Å². The molecule has 2 aromatic rings. The highest BCUT2D eigenvalue weighted by atomic mass is 16.5. The quantitative estimate of drug-likeness (QED) is 0.906. The maximum atomic E-state index is 12.4. The molecule has 8 heteroatoms. The van der Waals surface area contributed by atoms with Crippen LogP contribution >= 0.6 is 0 Å². The van der Waals surface area contributed by atoms with Crippen molar-refractivity contribution < 1.29 is 9.53 Å². The van der Waals surface area contributed by atoms with Gasteiger partial charge in [0.1, 0.15) is 11.8 Å². The summed E-state index contributed by atoms with van der Waals surface area (Å²) >= 11 is 0. The van der Waals surface area contributed by atoms with Crippen LogP contribution in [-0.2, 0) is 4.74 Å². The van der Waals surface area contributed by atoms with Crippen LogP contribution in [0.3, 0.4) is 0 Å². The van der Waals surface area contributed by atoms with Gasteiger partial charge in [-0.15, -0.1) is 0 Å². The van der Waals surface area contributed by atoms with E-state index >= 15 is 0 Å². The van der Waals surface area contributed by atoms with Gasteiger partial charge in [0.05, 0.1) is 19.3 Å². The van der Waals surface area contributed by atoms with E-state index in [1.807, 2.05) is 13.8 Å². The molecule has 0 spiro atoms. The third kappa shape index (κ3) is 2.96. The van der Waals surface area contributed by atoms with E-state index in [9.17, 15) is 4.79 Å². The topological polar surface area (TPSA) is 96.9 Å². The predicted octanol–water partition coefficient (Wildman–Crippen LogP) is 0.932. The molecule has 3 rings (SSSR count). The minimum atomic E-state index is -0.297. The summed E-state index contributed by atoms with van der Waals surface area (Å²) in [5.74, 6) is 1.49. The largest absolute Gasteiger partial charge is 0.367 e. The van der Waals surface area contributed by atoms with E-state index in [0.717, 1.165) is 5.82 Å². The van der Waals surface area contributed by atoms with Gasteiger partial charge >= 0.3 is 0 Å². The van der Waals surface area contributed by atoms with Gasteiger partial charge in [-0.2, -0.15) is 5.10 Å². The molecule has 0 aliphatic carbocycles. The highest BCUT2D eigenvalue weighted by molar-refractivity contribution is 5.92. The molecule has 1 aliphatic rings. The monoisotopic (exact) mass is 302 g/mol. The van der Waals surface area contributed by atoms with Crippen LogP contribution in [0.25, 0.3) is 0 Å². The summed E-state index contributed by atoms with van der Waals surface area (Å²) in [4.78, 5) is 26.5. The molecule has 1 saturated heterocycles. The lowest BCUT2D eigenvalue weighted by Gasteiger charge is -2.31. The fourth-order valence-corrected chi connectivity index (χ4v) is 2.26. The van der Waals surface area contributed by atoms with Crippen LogP contribution in [0.5, 0.6) is 0 Å². The Labute approximate surface area is 127 Å². The number of amides is 1. The predicted molar refractivity (Wildman–Crippen MR) is 77.1 cm³/mol. The van der Waals surface area contributed by atoms with Crippen molar-refractivity contribution in [3.8, 4) is 0 Å². The van der Waals surface area contributed by atoms with E-state index in [4.69, 9.17) is 4.74 Å². The van der Waals surface area contributed by atoms with E-state index in [1.54, 1.807) is 11.1 Å². The maximum Gasteiger partial charge on any atom is 0.274 e. The van der Waals surface area contributed by atoms with Crippen LogP contribution in [0.15, 0.2) is 18.6 Å². The lowest BCUT2D eigenvalue weighted by Crippen LogP contribution is -2.42. The average molecular weight is 302 g/mol. The molecule has 0 radical (unpaired) electrons. The number of carbonyl (C=O) groups excluding carboxylic acids is 1. The second-order valence-electron chi connectivity index (χ2n) is 5.43. The normalized spacial score (nSPS) is 18.7. The third-order valence-electron chi connectivity index (χ3n) is 3.48. The lowest BCUT2D eigenvalue weighted by atomic mass is 10.2. The zero-order valence-corrected chi connectivity index (χ0v) is 12.6. The first-order valence-electron chi connectivity index (χ1n) is 7.24. The summed E-state index contributed by atoms with van der Waals surface area (Å²) in [6.07, 6.45) is 4.23. The van der Waals surface area contributed by atoms with Crippen molar-refractivity contribution in [1.29, 1.82) is 0 Å². The van der Waals surface area contributed by atoms with Gasteiger partial charge in [-0.25, -0.2) is 9.97 Å². The van der Waals surface area contributed by atoms with Gasteiger partial charge in [-0.05, 0) is 0 Å². The fourth-order valence-electron chi connectivity index (χ4n) is 2.26. The zero-order chi connectivity index (χ0) is 15.5. The number of ether oxygens (including phenoxy) is 1. The molecule has 1 atom stereocenters. The molecule has 1 unspecified atom stereocenters. The van der Waals surface area contributed by atoms with Crippen LogP contribution in [0.1, 0.15) is 48.0 Å². The molecule has 2 aromatic heterocycles. The number of morpholine rings is 1. The fraction of sp³-hybridized carbons (Fsp3) is 0.500. The lowest BCUT2D eigenvalue weighted by molar-refractivity contribution is -0.0268. The molecule has 1 fully saturated rings. The summed E-state index contributed by atoms with van der Waals surface area (Å²) in [5, 5.41) is 7.08. The summed E-state index contributed by atoms with van der Waals surface area (Å²) in [5.41, 5.74) is 0.337. The molecule has 116 valence electrons. The molecule has 1 aliphatic heterocycles. The summed E-state index contributed by atoms with van der Waals surface area (Å²) in [6, 6.07) is 0. The Morgan fingerprint density at radius 2 is 2.32 bits per heavy atom. The number of hydrogen-bond acceptors (Lipinski definition) is 6. The molecule has 3 heterocycles. The molecule has 0 aromatic carbocycles. The number of hydrogen-bond donors (Lipinski definition) is 1. The second kappa shape index (κ2) is 6.18. The summed E-state index contributed by atoms with van der Waals surface area (Å²) in [6.45, 7) is 5.45. The first-order valence-corrected chi connectivity index (χ1v) is 7.24. The first kappa shape index (κ1) is 14.6. The second-order valence-corrected chi connectivity index (χ2v) is 5.43. The van der Waals surface area contributed by atoms with E-state index in [-0.39, 0.29) is 17.9 Å². The molecule has 1 N–H and O–H groups in total. The van der Waals surface area contributed by atoms with Crippen molar-refractivity contribution in [1.82, 2.24) is 30.0 Å². The Kier molecular flexibility index (Phi) is 4.10. The van der Waals surface area contributed by atoms with E-state index in [2.05, 4.69) is 25.1 Å². The van der Waals surface area contributed by atoms with Crippen LogP contribution in [0, 0.1) is 0 Å². The number of aromatic amines is 1. The number of nitrogens with one attached hydrogen (secondary N) is 1. The van der Waals surface area contributed by atoms with E-state index in [1.165, 1.54) is 12.4 Å². The smallest absolute Gasteiger partial charge is 0.274 e. The SMILES string of the molecule is CC(C)c1n[nH]c(C2CN(C(=O)c3cnccn3)CCO2)n1. The Morgan fingerprint density at radius 1 is 1.45 bits per heavy atom. The van der Waals surface area contributed by atoms with E-state index in [0.29, 0.717) is 31.2 Å². The molecule has 8 nitrogen and oxygen atoms in total. The molecule has 0 bridgehead atoms. The van der Waals surface area contributed by atoms with Gasteiger partial charge in [-0.3, -0.25) is 14.9 Å². The van der Waals surface area contributed by atoms with Crippen molar-refractivity contribution in [3.05, 3.63) is 35.9 Å². The van der Waals surface area contributed by atoms with Crippen molar-refractivity contribution in [3.63, 3.8) is 0 Å². The molecular weight excluding hydrogens is 284 g/mol. The molecule has 0 saturated carbocycles. The standard InChI is InChI=1S/C14H18N6O2/c1-9(2)12-17-13(19-18-12)11-8-20(5-6-22-11)14(21)10-7-15-3-4-16-10/h3-4,7,9,11H,5-6,8H2,1-2H3,(H,17,18,19). The number of aromatic nitrogens is 5. The highest BCUT2D eigenvalue weighted by Gasteiger charge is 2.29. The van der Waals surface area contributed by atoms with Crippen molar-refractivity contribution in [2.24, 2.45) is 0 Å². The molecular formula is C14H18N6O2. The number of nitrogens with zero attached hydrogens (tertiary/aromatic N) is 5. The van der Waals surface area contributed by atoms with Gasteiger partial charge in [0, 0.05) is 24.9 Å². The Bertz CT molecular complexity index is 642. The van der Waals surface area contributed by atoms with Gasteiger partial charge in [0.25, 0.3) is 5.91 Å². The number of rotatable bonds is 3. The van der Waals surface area contributed by atoms with Crippen LogP contribution in [0.2, 0.25) is 0 Å². The summed E-state index contributed by atoms with van der Waals surface area (Å²) < 4.78 is 5.71. The number of carbonyl (C=O) groups is 1. The maximum absolute atomic E-state index is 12.4. The van der Waals surface area contributed by atoms with Crippen LogP contribution in [-0.4, -0.2) is 55.7 Å². The van der Waals surface area contributed by atoms with Crippen molar-refractivity contribution >= 4 is 5.91 Å². The van der Waals surface area contributed by atoms with Gasteiger partial charge in [0.15, 0.2) is 11.6 Å². The zero-order valence-electron chi connectivity index (χ0n) is 12.6. The molecule has 1 amide bonds. The molecule has 22 heavy (non-hydrogen) atoms. The Hall–Kier alpha value is -2.35. The minimum absolute atomic E-state index is 0.148. The van der Waals surface area contributed by atoms with Crippen molar-refractivity contribution in [2.75, 3.05) is 19.7 Å². The van der Waals surface area contributed by atoms with Crippen molar-refractivity contribution in [2.45, 2.75) is 25.9 Å². The van der Waals surface area contributed by atoms with Crippen LogP contribution < -0.4 is 0 Å². The number of H-pyrrole nitrogens is 1. The van der Waals surface area contributed by atoms with Crippen LogP contribution in [0.4, 0.5) is 0 Å². The average Bonchev–Trinajstić information content (AvgIpc) is 3.05. The van der Waals surface area contributed by atoms with Gasteiger partial charge < -0.3 is 9.64 Å². The van der Waals surface area contributed by atoms with Gasteiger partial charge in [0.2, 0.25) is 0 Å². The Morgan fingerprint density at radius 3 is 3.00 bits per heavy atom. The minimum Gasteiger partial charge on any atom is -0.367 e. The summed E-state index contributed by atoms with van der Waals surface area (Å²) in [7, 11) is 0. The third-order valence-corrected chi connectivity index (χ3v) is 3.48.